The monoisotopic (exact) mass is 212 g/mol. The van der Waals surface area contributed by atoms with E-state index < -0.39 is 11.5 Å². The SMILES string of the molecule is CC(S)C(C)(N)C(=O)O.[Cu]. The second kappa shape index (κ2) is 4.23. The van der Waals surface area contributed by atoms with Crippen LogP contribution in [0.5, 0.6) is 0 Å². The van der Waals surface area contributed by atoms with Crippen LogP contribution in [0.4, 0.5) is 0 Å². The van der Waals surface area contributed by atoms with E-state index in [2.05, 4.69) is 12.6 Å². The van der Waals surface area contributed by atoms with E-state index in [9.17, 15) is 4.79 Å². The number of hydrogen-bond donors (Lipinski definition) is 3. The predicted molar refractivity (Wildman–Crippen MR) is 38.7 cm³/mol. The van der Waals surface area contributed by atoms with Gasteiger partial charge in [-0.05, 0) is 6.92 Å². The average Bonchev–Trinajstić information content (AvgIpc) is 1.65. The van der Waals surface area contributed by atoms with E-state index in [1.165, 1.54) is 6.92 Å². The van der Waals surface area contributed by atoms with Crippen LogP contribution in [0.1, 0.15) is 13.8 Å². The summed E-state index contributed by atoms with van der Waals surface area (Å²) in [4.78, 5) is 10.3. The summed E-state index contributed by atoms with van der Waals surface area (Å²) in [6.45, 7) is 3.09. The van der Waals surface area contributed by atoms with Gasteiger partial charge >= 0.3 is 5.97 Å². The van der Waals surface area contributed by atoms with Gasteiger partial charge in [0.2, 0.25) is 0 Å². The van der Waals surface area contributed by atoms with E-state index in [0.717, 1.165) is 0 Å². The third-order valence-corrected chi connectivity index (χ3v) is 1.87. The molecule has 0 aliphatic carbocycles. The van der Waals surface area contributed by atoms with Crippen LogP contribution in [-0.4, -0.2) is 21.9 Å². The molecular weight excluding hydrogens is 202 g/mol. The summed E-state index contributed by atoms with van der Waals surface area (Å²) in [5, 5.41) is 8.10. The van der Waals surface area contributed by atoms with Gasteiger partial charge in [-0.15, -0.1) is 0 Å². The van der Waals surface area contributed by atoms with Crippen LogP contribution in [0.15, 0.2) is 0 Å². The maximum absolute atomic E-state index is 10.3. The van der Waals surface area contributed by atoms with E-state index in [1.807, 2.05) is 0 Å². The number of rotatable bonds is 2. The van der Waals surface area contributed by atoms with Gasteiger partial charge in [-0.25, -0.2) is 0 Å². The molecule has 5 heteroatoms. The minimum atomic E-state index is -1.22. The van der Waals surface area contributed by atoms with E-state index in [4.69, 9.17) is 10.8 Å². The van der Waals surface area contributed by atoms with Gasteiger partial charge in [0, 0.05) is 22.3 Å². The minimum absolute atomic E-state index is 0. The number of nitrogens with two attached hydrogens (primary N) is 1. The van der Waals surface area contributed by atoms with Crippen molar-refractivity contribution in [2.45, 2.75) is 24.6 Å². The maximum Gasteiger partial charge on any atom is 0.324 e. The molecule has 65 valence electrons. The van der Waals surface area contributed by atoms with Gasteiger partial charge in [0.05, 0.1) is 0 Å². The van der Waals surface area contributed by atoms with E-state index in [0.29, 0.717) is 0 Å². The van der Waals surface area contributed by atoms with Gasteiger partial charge in [0.1, 0.15) is 5.54 Å². The van der Waals surface area contributed by atoms with Gasteiger partial charge in [-0.1, -0.05) is 6.92 Å². The van der Waals surface area contributed by atoms with E-state index >= 15 is 0 Å². The van der Waals surface area contributed by atoms with Crippen LogP contribution in [0.25, 0.3) is 0 Å². The quantitative estimate of drug-likeness (QED) is 0.450. The smallest absolute Gasteiger partial charge is 0.324 e. The van der Waals surface area contributed by atoms with Crippen LogP contribution in [-0.2, 0) is 21.9 Å². The Morgan fingerprint density at radius 1 is 1.80 bits per heavy atom. The summed E-state index contributed by atoms with van der Waals surface area (Å²) >= 11 is 3.91. The molecule has 0 fully saturated rings. The second-order valence-electron chi connectivity index (χ2n) is 2.26. The molecule has 0 saturated heterocycles. The van der Waals surface area contributed by atoms with Crippen LogP contribution in [0, 0.1) is 0 Å². The number of carboxylic acids is 1. The van der Waals surface area contributed by atoms with E-state index in [-0.39, 0.29) is 22.3 Å². The van der Waals surface area contributed by atoms with Crippen LogP contribution in [0.3, 0.4) is 0 Å². The molecule has 0 aliphatic heterocycles. The molecule has 0 aliphatic rings. The summed E-state index contributed by atoms with van der Waals surface area (Å²) < 4.78 is 0. The number of carbonyl (C=O) groups is 1. The van der Waals surface area contributed by atoms with Crippen molar-refractivity contribution in [3.8, 4) is 0 Å². The summed E-state index contributed by atoms with van der Waals surface area (Å²) in [6, 6.07) is 0. The van der Waals surface area contributed by atoms with Crippen molar-refractivity contribution in [1.82, 2.24) is 0 Å². The van der Waals surface area contributed by atoms with Crippen molar-refractivity contribution < 1.29 is 27.0 Å². The zero-order chi connectivity index (χ0) is 7.65. The molecular formula is C5H11CuNO2S. The third-order valence-electron chi connectivity index (χ3n) is 1.33. The Morgan fingerprint density at radius 2 is 2.10 bits per heavy atom. The Hall–Kier alpha value is 0.299. The predicted octanol–water partition coefficient (Wildman–Crippen LogP) is 0.104. The van der Waals surface area contributed by atoms with Crippen molar-refractivity contribution in [2.75, 3.05) is 0 Å². The van der Waals surface area contributed by atoms with Crippen LogP contribution in [0.2, 0.25) is 0 Å². The van der Waals surface area contributed by atoms with Gasteiger partial charge in [0.25, 0.3) is 0 Å². The molecule has 2 unspecified atom stereocenters. The van der Waals surface area contributed by atoms with Crippen molar-refractivity contribution in [2.24, 2.45) is 5.73 Å². The molecule has 3 N–H and O–H groups in total. The van der Waals surface area contributed by atoms with E-state index in [1.54, 1.807) is 6.92 Å². The first-order valence-electron chi connectivity index (χ1n) is 2.59. The Balaban J connectivity index is 0. The van der Waals surface area contributed by atoms with Gasteiger partial charge in [-0.3, -0.25) is 4.79 Å². The molecule has 0 heterocycles. The first kappa shape index (κ1) is 12.9. The Labute approximate surface area is 76.2 Å². The number of carboxylic acid groups (broad SMARTS) is 1. The Kier molecular flexibility index (Phi) is 5.48. The first-order valence-corrected chi connectivity index (χ1v) is 3.11. The molecule has 2 atom stereocenters. The molecule has 0 aromatic heterocycles. The summed E-state index contributed by atoms with van der Waals surface area (Å²) in [6.07, 6.45) is 0. The maximum atomic E-state index is 10.3. The van der Waals surface area contributed by atoms with Gasteiger partial charge < -0.3 is 10.8 Å². The molecule has 0 bridgehead atoms. The summed E-state index contributed by atoms with van der Waals surface area (Å²) in [5.74, 6) is -1.02. The zero-order valence-electron chi connectivity index (χ0n) is 5.76. The number of aliphatic carboxylic acids is 1. The zero-order valence-corrected chi connectivity index (χ0v) is 7.59. The molecule has 0 saturated carbocycles. The number of hydrogen-bond acceptors (Lipinski definition) is 3. The van der Waals surface area contributed by atoms with Crippen molar-refractivity contribution in [1.29, 1.82) is 0 Å². The van der Waals surface area contributed by atoms with Crippen LogP contribution >= 0.6 is 12.6 Å². The van der Waals surface area contributed by atoms with Crippen molar-refractivity contribution >= 4 is 18.6 Å². The summed E-state index contributed by atoms with van der Waals surface area (Å²) in [7, 11) is 0. The largest absolute Gasteiger partial charge is 0.480 e. The molecule has 1 radical (unpaired) electrons. The van der Waals surface area contributed by atoms with Crippen molar-refractivity contribution in [3.63, 3.8) is 0 Å². The Bertz CT molecular complexity index is 127. The van der Waals surface area contributed by atoms with Gasteiger partial charge in [0.15, 0.2) is 0 Å². The molecule has 0 aromatic carbocycles. The first-order chi connectivity index (χ1) is 3.89. The molecule has 0 rings (SSSR count). The Morgan fingerprint density at radius 3 is 2.10 bits per heavy atom. The fourth-order valence-corrected chi connectivity index (χ4v) is 0.289. The topological polar surface area (TPSA) is 63.3 Å². The molecule has 0 spiro atoms. The fraction of sp³-hybridized carbons (Fsp3) is 0.800. The van der Waals surface area contributed by atoms with Crippen molar-refractivity contribution in [3.05, 3.63) is 0 Å². The number of thiol groups is 1. The normalized spacial score (nSPS) is 18.4. The minimum Gasteiger partial charge on any atom is -0.480 e. The molecule has 10 heavy (non-hydrogen) atoms. The fourth-order valence-electron chi connectivity index (χ4n) is 0.179. The molecule has 0 aromatic rings. The third kappa shape index (κ3) is 2.92. The second-order valence-corrected chi connectivity index (χ2v) is 3.04. The van der Waals surface area contributed by atoms with Gasteiger partial charge in [-0.2, -0.15) is 12.6 Å². The molecule has 0 amide bonds. The standard InChI is InChI=1S/C5H11NO2S.Cu/c1-3(9)5(2,6)4(7)8;/h3,9H,6H2,1-2H3,(H,7,8);. The molecule has 3 nitrogen and oxygen atoms in total. The average molecular weight is 213 g/mol. The van der Waals surface area contributed by atoms with Crippen LogP contribution < -0.4 is 5.73 Å². The summed E-state index contributed by atoms with van der Waals surface area (Å²) in [5.41, 5.74) is 4.11.